The number of anilines is 2. The van der Waals surface area contributed by atoms with E-state index in [1.54, 1.807) is 25.4 Å². The first-order valence-corrected chi connectivity index (χ1v) is 8.02. The molecule has 4 rings (SSSR count). The second kappa shape index (κ2) is 6.40. The fourth-order valence-corrected chi connectivity index (χ4v) is 2.71. The molecule has 0 radical (unpaired) electrons. The average molecular weight is 349 g/mol. The van der Waals surface area contributed by atoms with E-state index in [4.69, 9.17) is 5.73 Å². The van der Waals surface area contributed by atoms with Crippen LogP contribution in [0.5, 0.6) is 0 Å². The van der Waals surface area contributed by atoms with Crippen LogP contribution in [0.1, 0.15) is 5.69 Å². The molecule has 3 aromatic heterocycles. The number of benzene rings is 1. The molecule has 0 atom stereocenters. The summed E-state index contributed by atoms with van der Waals surface area (Å²) in [5, 5.41) is 8.06. The highest BCUT2D eigenvalue weighted by molar-refractivity contribution is 5.98. The number of aromatic nitrogens is 5. The smallest absolute Gasteiger partial charge is 0.225 e. The molecule has 0 amide bonds. The van der Waals surface area contributed by atoms with Gasteiger partial charge in [-0.2, -0.15) is 10.1 Å². The maximum atomic E-state index is 13.7. The lowest BCUT2D eigenvalue weighted by Gasteiger charge is -2.08. The molecule has 3 heterocycles. The van der Waals surface area contributed by atoms with Crippen molar-refractivity contribution in [1.29, 1.82) is 0 Å². The van der Waals surface area contributed by atoms with Crippen LogP contribution >= 0.6 is 0 Å². The predicted molar refractivity (Wildman–Crippen MR) is 97.7 cm³/mol. The van der Waals surface area contributed by atoms with Crippen LogP contribution in [0, 0.1) is 5.82 Å². The zero-order chi connectivity index (χ0) is 18.1. The van der Waals surface area contributed by atoms with Crippen molar-refractivity contribution < 1.29 is 4.39 Å². The highest BCUT2D eigenvalue weighted by atomic mass is 19.1. The van der Waals surface area contributed by atoms with Crippen LogP contribution in [0.15, 0.2) is 48.7 Å². The Kier molecular flexibility index (Phi) is 3.92. The molecule has 1 aromatic carbocycles. The molecule has 0 spiro atoms. The Hall–Kier alpha value is -3.55. The van der Waals surface area contributed by atoms with E-state index in [1.165, 1.54) is 16.8 Å². The number of nitrogens with zero attached hydrogens (tertiary/aromatic N) is 5. The zero-order valence-corrected chi connectivity index (χ0v) is 14.0. The molecule has 0 aliphatic rings. The molecule has 7 nitrogen and oxygen atoms in total. The van der Waals surface area contributed by atoms with Crippen molar-refractivity contribution in [3.8, 4) is 11.3 Å². The largest absolute Gasteiger partial charge is 0.383 e. The standard InChI is InChI=1S/C18H16FN7/c1-26-16(20)14-15(11-5-4-6-12(19)9-11)23-18(24-17(14)25-26)22-10-13-7-2-3-8-21-13/h2-9H,10,20H2,1H3,(H,22,24,25). The van der Waals surface area contributed by atoms with Crippen molar-refractivity contribution >= 4 is 22.8 Å². The number of hydrogen-bond acceptors (Lipinski definition) is 6. The van der Waals surface area contributed by atoms with E-state index in [0.717, 1.165) is 5.69 Å². The summed E-state index contributed by atoms with van der Waals surface area (Å²) in [5.41, 5.74) is 8.56. The van der Waals surface area contributed by atoms with E-state index in [0.29, 0.717) is 40.6 Å². The van der Waals surface area contributed by atoms with Crippen LogP contribution in [0.3, 0.4) is 0 Å². The van der Waals surface area contributed by atoms with Gasteiger partial charge in [-0.15, -0.1) is 0 Å². The summed E-state index contributed by atoms with van der Waals surface area (Å²) in [6, 6.07) is 11.9. The number of fused-ring (bicyclic) bond motifs is 1. The Bertz CT molecular complexity index is 1080. The first-order valence-electron chi connectivity index (χ1n) is 8.02. The quantitative estimate of drug-likeness (QED) is 0.588. The van der Waals surface area contributed by atoms with Gasteiger partial charge in [0, 0.05) is 18.8 Å². The first-order chi connectivity index (χ1) is 12.6. The van der Waals surface area contributed by atoms with Gasteiger partial charge in [-0.05, 0) is 24.3 Å². The molecule has 8 heteroatoms. The Balaban J connectivity index is 1.80. The average Bonchev–Trinajstić information content (AvgIpc) is 2.94. The van der Waals surface area contributed by atoms with Crippen LogP contribution in [-0.4, -0.2) is 24.7 Å². The first kappa shape index (κ1) is 15.9. The van der Waals surface area contributed by atoms with Crippen molar-refractivity contribution in [3.63, 3.8) is 0 Å². The number of halogens is 1. The van der Waals surface area contributed by atoms with E-state index in [9.17, 15) is 4.39 Å². The minimum Gasteiger partial charge on any atom is -0.383 e. The maximum absolute atomic E-state index is 13.7. The van der Waals surface area contributed by atoms with E-state index < -0.39 is 0 Å². The minimum atomic E-state index is -0.347. The number of aryl methyl sites for hydroxylation is 1. The number of nitrogens with one attached hydrogen (secondary N) is 1. The predicted octanol–water partition coefficient (Wildman–Crippen LogP) is 2.76. The molecular weight excluding hydrogens is 333 g/mol. The third kappa shape index (κ3) is 2.92. The summed E-state index contributed by atoms with van der Waals surface area (Å²) >= 11 is 0. The molecule has 3 N–H and O–H groups in total. The Morgan fingerprint density at radius 2 is 2.04 bits per heavy atom. The van der Waals surface area contributed by atoms with Crippen molar-refractivity contribution in [3.05, 3.63) is 60.2 Å². The molecule has 26 heavy (non-hydrogen) atoms. The van der Waals surface area contributed by atoms with E-state index >= 15 is 0 Å². The summed E-state index contributed by atoms with van der Waals surface area (Å²) in [7, 11) is 1.73. The number of nitrogens with two attached hydrogens (primary N) is 1. The minimum absolute atomic E-state index is 0.347. The fraction of sp³-hybridized carbons (Fsp3) is 0.111. The van der Waals surface area contributed by atoms with Gasteiger partial charge < -0.3 is 11.1 Å². The molecule has 0 saturated carbocycles. The van der Waals surface area contributed by atoms with Gasteiger partial charge in [0.2, 0.25) is 5.95 Å². The second-order valence-corrected chi connectivity index (χ2v) is 5.79. The zero-order valence-electron chi connectivity index (χ0n) is 14.0. The normalized spacial score (nSPS) is 11.0. The number of hydrogen-bond donors (Lipinski definition) is 2. The fourth-order valence-electron chi connectivity index (χ4n) is 2.71. The topological polar surface area (TPSA) is 94.5 Å². The van der Waals surface area contributed by atoms with Gasteiger partial charge in [-0.3, -0.25) is 9.67 Å². The van der Waals surface area contributed by atoms with Crippen LogP contribution in [-0.2, 0) is 13.6 Å². The molecule has 4 aromatic rings. The van der Waals surface area contributed by atoms with Gasteiger partial charge in [0.25, 0.3) is 0 Å². The third-order valence-corrected chi connectivity index (χ3v) is 3.99. The highest BCUT2D eigenvalue weighted by Crippen LogP contribution is 2.31. The van der Waals surface area contributed by atoms with Crippen molar-refractivity contribution in [2.45, 2.75) is 6.54 Å². The highest BCUT2D eigenvalue weighted by Gasteiger charge is 2.17. The Morgan fingerprint density at radius 1 is 1.15 bits per heavy atom. The molecule has 0 bridgehead atoms. The molecular formula is C18H16FN7. The second-order valence-electron chi connectivity index (χ2n) is 5.79. The lowest BCUT2D eigenvalue weighted by molar-refractivity contribution is 0.628. The number of nitrogen functional groups attached to an aromatic ring is 1. The van der Waals surface area contributed by atoms with Gasteiger partial charge in [0.15, 0.2) is 5.65 Å². The molecule has 0 aliphatic heterocycles. The van der Waals surface area contributed by atoms with Crippen molar-refractivity contribution in [1.82, 2.24) is 24.7 Å². The van der Waals surface area contributed by atoms with Gasteiger partial charge >= 0.3 is 0 Å². The third-order valence-electron chi connectivity index (χ3n) is 3.99. The van der Waals surface area contributed by atoms with Gasteiger partial charge in [0.05, 0.1) is 23.3 Å². The number of rotatable bonds is 4. The van der Waals surface area contributed by atoms with Crippen LogP contribution < -0.4 is 11.1 Å². The van der Waals surface area contributed by atoms with Gasteiger partial charge in [-0.25, -0.2) is 9.37 Å². The Labute approximate surface area is 148 Å². The van der Waals surface area contributed by atoms with Crippen LogP contribution in [0.2, 0.25) is 0 Å². The van der Waals surface area contributed by atoms with Gasteiger partial charge in [0.1, 0.15) is 11.6 Å². The monoisotopic (exact) mass is 349 g/mol. The summed E-state index contributed by atoms with van der Waals surface area (Å²) in [6.07, 6.45) is 1.72. The molecule has 130 valence electrons. The molecule has 0 unspecified atom stereocenters. The van der Waals surface area contributed by atoms with E-state index in [-0.39, 0.29) is 5.82 Å². The van der Waals surface area contributed by atoms with E-state index in [1.807, 2.05) is 18.2 Å². The van der Waals surface area contributed by atoms with Crippen molar-refractivity contribution in [2.75, 3.05) is 11.1 Å². The Morgan fingerprint density at radius 3 is 2.81 bits per heavy atom. The summed E-state index contributed by atoms with van der Waals surface area (Å²) in [5.74, 6) is 0.454. The SMILES string of the molecule is Cn1nc2nc(NCc3ccccn3)nc(-c3cccc(F)c3)c2c1N. The summed E-state index contributed by atoms with van der Waals surface area (Å²) in [6.45, 7) is 0.456. The molecule has 0 saturated heterocycles. The lowest BCUT2D eigenvalue weighted by Crippen LogP contribution is -2.06. The van der Waals surface area contributed by atoms with Crippen LogP contribution in [0.4, 0.5) is 16.2 Å². The number of pyridine rings is 1. The van der Waals surface area contributed by atoms with E-state index in [2.05, 4.69) is 25.4 Å². The summed E-state index contributed by atoms with van der Waals surface area (Å²) in [4.78, 5) is 13.2. The molecule has 0 aliphatic carbocycles. The van der Waals surface area contributed by atoms with Crippen molar-refractivity contribution in [2.24, 2.45) is 7.05 Å². The lowest BCUT2D eigenvalue weighted by atomic mass is 10.1. The van der Waals surface area contributed by atoms with Gasteiger partial charge in [-0.1, -0.05) is 18.2 Å². The van der Waals surface area contributed by atoms with Crippen LogP contribution in [0.25, 0.3) is 22.3 Å². The maximum Gasteiger partial charge on any atom is 0.225 e. The molecule has 0 fully saturated rings. The summed E-state index contributed by atoms with van der Waals surface area (Å²) < 4.78 is 15.2.